The number of likely N-dealkylation sites (N-methyl/N-ethyl adjacent to an activating group) is 1. The first-order valence-corrected chi connectivity index (χ1v) is 9.84. The Morgan fingerprint density at radius 1 is 1.13 bits per heavy atom. The van der Waals surface area contributed by atoms with Crippen molar-refractivity contribution in [2.45, 2.75) is 18.5 Å². The zero-order valence-electron chi connectivity index (χ0n) is 16.6. The molecule has 0 spiro atoms. The molecule has 2 saturated heterocycles. The lowest BCUT2D eigenvalue weighted by Gasteiger charge is -2.34. The van der Waals surface area contributed by atoms with Gasteiger partial charge in [-0.15, -0.1) is 0 Å². The van der Waals surface area contributed by atoms with Crippen LogP contribution in [-0.2, 0) is 0 Å². The van der Waals surface area contributed by atoms with Crippen LogP contribution in [0.25, 0.3) is 16.6 Å². The fraction of sp³-hybridized carbons (Fsp3) is 0.273. The number of hydrogen-bond acceptors (Lipinski definition) is 5. The minimum absolute atomic E-state index is 0.0224. The van der Waals surface area contributed by atoms with Crippen LogP contribution >= 0.6 is 0 Å². The lowest BCUT2D eigenvalue weighted by Crippen LogP contribution is -2.44. The van der Waals surface area contributed by atoms with E-state index < -0.39 is 29.0 Å². The van der Waals surface area contributed by atoms with Gasteiger partial charge in [0.15, 0.2) is 5.75 Å². The molecule has 2 unspecified atom stereocenters. The summed E-state index contributed by atoms with van der Waals surface area (Å²) in [5.41, 5.74) is 0.503. The highest BCUT2D eigenvalue weighted by Crippen LogP contribution is 2.37. The molecule has 2 aromatic carbocycles. The van der Waals surface area contributed by atoms with E-state index in [1.165, 1.54) is 35.0 Å². The van der Waals surface area contributed by atoms with E-state index >= 15 is 4.39 Å². The van der Waals surface area contributed by atoms with Crippen molar-refractivity contribution < 1.29 is 23.4 Å². The zero-order valence-corrected chi connectivity index (χ0v) is 16.6. The summed E-state index contributed by atoms with van der Waals surface area (Å²) in [5, 5.41) is 8.96. The molecule has 1 aromatic heterocycles. The zero-order chi connectivity index (χ0) is 21.9. The van der Waals surface area contributed by atoms with E-state index in [-0.39, 0.29) is 11.4 Å². The van der Waals surface area contributed by atoms with E-state index in [0.29, 0.717) is 29.5 Å². The molecule has 2 aliphatic heterocycles. The molecule has 2 aliphatic rings. The number of halogens is 2. The van der Waals surface area contributed by atoms with Crippen LogP contribution in [0.2, 0.25) is 0 Å². The SMILES string of the molecule is CN1CC2CC1CN2c1cc2c(cc1F)c(=O)c(OC(=O)O)cn2-c1ccc(F)cc1. The topological polar surface area (TPSA) is 75.0 Å². The highest BCUT2D eigenvalue weighted by Gasteiger charge is 2.42. The summed E-state index contributed by atoms with van der Waals surface area (Å²) >= 11 is 0. The molecule has 7 nitrogen and oxygen atoms in total. The second-order valence-corrected chi connectivity index (χ2v) is 7.99. The maximum absolute atomic E-state index is 15.1. The van der Waals surface area contributed by atoms with Crippen molar-refractivity contribution in [1.29, 1.82) is 0 Å². The van der Waals surface area contributed by atoms with E-state index in [1.807, 2.05) is 4.90 Å². The third-order valence-electron chi connectivity index (χ3n) is 6.17. The van der Waals surface area contributed by atoms with Gasteiger partial charge in [-0.2, -0.15) is 0 Å². The van der Waals surface area contributed by atoms with E-state index in [0.717, 1.165) is 19.0 Å². The predicted molar refractivity (Wildman–Crippen MR) is 110 cm³/mol. The van der Waals surface area contributed by atoms with Crippen LogP contribution in [-0.4, -0.2) is 52.9 Å². The summed E-state index contributed by atoms with van der Waals surface area (Å²) in [6.07, 6.45) is 0.526. The van der Waals surface area contributed by atoms with Crippen LogP contribution in [0.1, 0.15) is 6.42 Å². The number of hydrogen-bond donors (Lipinski definition) is 1. The Hall–Kier alpha value is -3.46. The number of ether oxygens (including phenoxy) is 1. The molecule has 0 saturated carbocycles. The summed E-state index contributed by atoms with van der Waals surface area (Å²) in [6.45, 7) is 1.52. The summed E-state index contributed by atoms with van der Waals surface area (Å²) in [7, 11) is 2.05. The van der Waals surface area contributed by atoms with Crippen molar-refractivity contribution >= 4 is 22.7 Å². The Balaban J connectivity index is 1.72. The number of nitrogens with zero attached hydrogens (tertiary/aromatic N) is 3. The summed E-state index contributed by atoms with van der Waals surface area (Å²) < 4.78 is 34.7. The van der Waals surface area contributed by atoms with Crippen LogP contribution in [0.15, 0.2) is 47.4 Å². The van der Waals surface area contributed by atoms with Crippen molar-refractivity contribution in [2.75, 3.05) is 25.0 Å². The second kappa shape index (κ2) is 7.05. The monoisotopic (exact) mass is 427 g/mol. The number of rotatable bonds is 3. The van der Waals surface area contributed by atoms with Gasteiger partial charge in [0.2, 0.25) is 5.43 Å². The smallest absolute Gasteiger partial charge is 0.449 e. The van der Waals surface area contributed by atoms with Crippen molar-refractivity contribution in [3.63, 3.8) is 0 Å². The second-order valence-electron chi connectivity index (χ2n) is 7.99. The van der Waals surface area contributed by atoms with Gasteiger partial charge < -0.3 is 19.3 Å². The van der Waals surface area contributed by atoms with Gasteiger partial charge in [0.05, 0.1) is 22.8 Å². The number of carboxylic acid groups (broad SMARTS) is 1. The molecule has 3 heterocycles. The molecule has 9 heteroatoms. The Morgan fingerprint density at radius 3 is 2.48 bits per heavy atom. The maximum Gasteiger partial charge on any atom is 0.511 e. The molecule has 31 heavy (non-hydrogen) atoms. The van der Waals surface area contributed by atoms with Crippen LogP contribution in [0, 0.1) is 11.6 Å². The van der Waals surface area contributed by atoms with E-state index in [4.69, 9.17) is 5.11 Å². The summed E-state index contributed by atoms with van der Waals surface area (Å²) in [6, 6.07) is 8.72. The molecule has 1 N–H and O–H groups in total. The molecular weight excluding hydrogens is 408 g/mol. The average Bonchev–Trinajstić information content (AvgIpc) is 3.30. The van der Waals surface area contributed by atoms with Gasteiger partial charge in [0.1, 0.15) is 11.6 Å². The minimum atomic E-state index is -1.66. The van der Waals surface area contributed by atoms with E-state index in [1.54, 1.807) is 6.07 Å². The molecule has 5 rings (SSSR count). The molecule has 0 amide bonds. The molecule has 160 valence electrons. The number of benzene rings is 2. The standard InChI is InChI=1S/C22H19F2N3O4/c1-25-9-15-6-14(25)10-26(15)19-8-18-16(7-17(19)24)21(28)20(31-22(29)30)11-27(18)13-4-2-12(23)3-5-13/h2-5,7-8,11,14-15H,6,9-10H2,1H3,(H,29,30). The fourth-order valence-corrected chi connectivity index (χ4v) is 4.67. The lowest BCUT2D eigenvalue weighted by molar-refractivity contribution is 0.144. The maximum atomic E-state index is 15.1. The van der Waals surface area contributed by atoms with Crippen LogP contribution in [0.5, 0.6) is 5.75 Å². The van der Waals surface area contributed by atoms with Crippen LogP contribution in [0.4, 0.5) is 19.3 Å². The third kappa shape index (κ3) is 3.21. The van der Waals surface area contributed by atoms with Crippen molar-refractivity contribution in [1.82, 2.24) is 9.47 Å². The fourth-order valence-electron chi connectivity index (χ4n) is 4.67. The lowest BCUT2D eigenvalue weighted by atomic mass is 10.1. The van der Waals surface area contributed by atoms with Gasteiger partial charge in [0, 0.05) is 30.9 Å². The first-order chi connectivity index (χ1) is 14.8. The number of likely N-dealkylation sites (tertiary alicyclic amines) is 1. The van der Waals surface area contributed by atoms with E-state index in [9.17, 15) is 14.0 Å². The van der Waals surface area contributed by atoms with Gasteiger partial charge in [0.25, 0.3) is 0 Å². The molecule has 0 aliphatic carbocycles. The average molecular weight is 427 g/mol. The van der Waals surface area contributed by atoms with Gasteiger partial charge >= 0.3 is 6.16 Å². The Bertz CT molecular complexity index is 1260. The van der Waals surface area contributed by atoms with Gasteiger partial charge in [-0.3, -0.25) is 9.69 Å². The molecule has 0 radical (unpaired) electrons. The van der Waals surface area contributed by atoms with Gasteiger partial charge in [-0.25, -0.2) is 13.6 Å². The highest BCUT2D eigenvalue weighted by molar-refractivity contribution is 5.86. The molecule has 3 aromatic rings. The Kier molecular flexibility index (Phi) is 4.44. The first kappa shape index (κ1) is 19.5. The minimum Gasteiger partial charge on any atom is -0.449 e. The number of anilines is 1. The first-order valence-electron chi connectivity index (χ1n) is 9.84. The quantitative estimate of drug-likeness (QED) is 0.647. The molecule has 2 atom stereocenters. The van der Waals surface area contributed by atoms with Crippen molar-refractivity contribution in [2.24, 2.45) is 0 Å². The Labute approximate surface area is 175 Å². The summed E-state index contributed by atoms with van der Waals surface area (Å²) in [4.78, 5) is 28.1. The number of fused-ring (bicyclic) bond motifs is 3. The summed E-state index contributed by atoms with van der Waals surface area (Å²) in [5.74, 6) is -1.46. The highest BCUT2D eigenvalue weighted by atomic mass is 19.1. The van der Waals surface area contributed by atoms with Crippen molar-refractivity contribution in [3.8, 4) is 11.4 Å². The normalized spacial score (nSPS) is 20.5. The number of aromatic nitrogens is 1. The van der Waals surface area contributed by atoms with Gasteiger partial charge in [-0.1, -0.05) is 0 Å². The molecular formula is C22H19F2N3O4. The molecule has 2 bridgehead atoms. The molecule has 2 fully saturated rings. The predicted octanol–water partition coefficient (Wildman–Crippen LogP) is 3.22. The van der Waals surface area contributed by atoms with Crippen LogP contribution < -0.4 is 15.1 Å². The number of pyridine rings is 1. The third-order valence-corrected chi connectivity index (χ3v) is 6.17. The Morgan fingerprint density at radius 2 is 1.87 bits per heavy atom. The van der Waals surface area contributed by atoms with Crippen LogP contribution in [0.3, 0.4) is 0 Å². The number of carbonyl (C=O) groups is 1. The van der Waals surface area contributed by atoms with Crippen molar-refractivity contribution in [3.05, 3.63) is 64.5 Å². The number of piperazine rings is 1. The van der Waals surface area contributed by atoms with E-state index in [2.05, 4.69) is 16.7 Å². The largest absolute Gasteiger partial charge is 0.511 e. The van der Waals surface area contributed by atoms with Gasteiger partial charge in [-0.05, 0) is 49.9 Å².